The Morgan fingerprint density at radius 3 is 1.19 bits per heavy atom. The first-order valence-corrected chi connectivity index (χ1v) is 11.4. The van der Waals surface area contributed by atoms with Gasteiger partial charge in [-0.3, -0.25) is 0 Å². The molecule has 0 aromatic rings. The molecule has 0 atom stereocenters. The zero-order valence-electron chi connectivity index (χ0n) is 19.9. The summed E-state index contributed by atoms with van der Waals surface area (Å²) in [5.41, 5.74) is 0. The van der Waals surface area contributed by atoms with Crippen LogP contribution in [0.3, 0.4) is 0 Å². The predicted octanol–water partition coefficient (Wildman–Crippen LogP) is 1.64. The number of carboxylic acids is 3. The summed E-state index contributed by atoms with van der Waals surface area (Å²) < 4.78 is 0. The highest BCUT2D eigenvalue weighted by Gasteiger charge is 1.94. The summed E-state index contributed by atoms with van der Waals surface area (Å²) in [5, 5.41) is 29.0. The average Bonchev–Trinajstić information content (AvgIpc) is 2.70. The van der Waals surface area contributed by atoms with E-state index in [0.29, 0.717) is 12.2 Å². The summed E-state index contributed by atoms with van der Waals surface area (Å²) >= 11 is 0. The number of hydrogen-bond acceptors (Lipinski definition) is 7. The maximum Gasteiger partial charge on any atom is 0.0643 e. The molecular weight excluding hydrogens is 398 g/mol. The summed E-state index contributed by atoms with van der Waals surface area (Å²) in [5.74, 6) is -4.00. The molecule has 0 aliphatic rings. The van der Waals surface area contributed by atoms with Crippen molar-refractivity contribution in [2.75, 3.05) is 20.6 Å². The van der Waals surface area contributed by atoms with E-state index in [1.54, 1.807) is 0 Å². The number of carbonyl (C=O) groups is 3. The lowest BCUT2D eigenvalue weighted by atomic mass is 10.0. The third-order valence-electron chi connectivity index (χ3n) is 4.29. The molecule has 0 aromatic heterocycles. The topological polar surface area (TPSA) is 124 Å². The Labute approximate surface area is 189 Å². The van der Waals surface area contributed by atoms with Crippen LogP contribution in [0.2, 0.25) is 0 Å². The molecule has 0 saturated carbocycles. The third kappa shape index (κ3) is 47.4. The predicted molar refractivity (Wildman–Crippen MR) is 118 cm³/mol. The molecule has 31 heavy (non-hydrogen) atoms. The molecule has 0 unspecified atom stereocenters. The molecule has 0 fully saturated rings. The van der Waals surface area contributed by atoms with Gasteiger partial charge in [0.1, 0.15) is 0 Å². The van der Waals surface area contributed by atoms with Crippen LogP contribution < -0.4 is 15.3 Å². The molecule has 0 N–H and O–H groups in total. The molecule has 0 aliphatic carbocycles. The van der Waals surface area contributed by atoms with E-state index < -0.39 is 17.9 Å². The summed E-state index contributed by atoms with van der Waals surface area (Å²) in [4.78, 5) is 31.0. The number of aliphatic carboxylic acids is 3. The Kier molecular flexibility index (Phi) is 30.6. The van der Waals surface area contributed by atoms with Gasteiger partial charge in [-0.15, -0.1) is 0 Å². The number of unbranched alkanes of at least 4 members (excludes halogenated alkanes) is 12. The van der Waals surface area contributed by atoms with Crippen molar-refractivity contribution in [2.24, 2.45) is 0 Å². The van der Waals surface area contributed by atoms with Gasteiger partial charge in [-0.05, 0) is 52.6 Å². The van der Waals surface area contributed by atoms with E-state index in [9.17, 15) is 29.7 Å². The molecule has 0 bridgehead atoms. The number of rotatable bonds is 17. The zero-order chi connectivity index (χ0) is 24.3. The van der Waals surface area contributed by atoms with Crippen molar-refractivity contribution in [3.05, 3.63) is 19.1 Å². The molecule has 0 amide bonds. The molecule has 1 radical (unpaired) electrons. The average molecular weight is 442 g/mol. The number of nitrogens with zero attached hydrogens (tertiary/aromatic N) is 1. The Morgan fingerprint density at radius 2 is 0.968 bits per heavy atom. The lowest BCUT2D eigenvalue weighted by molar-refractivity contribution is -0.306. The van der Waals surface area contributed by atoms with Crippen LogP contribution in [0.1, 0.15) is 96.8 Å². The van der Waals surface area contributed by atoms with Crippen molar-refractivity contribution in [3.63, 3.8) is 0 Å². The van der Waals surface area contributed by atoms with Gasteiger partial charge in [0.25, 0.3) is 0 Å². The van der Waals surface area contributed by atoms with E-state index in [0.717, 1.165) is 19.4 Å². The van der Waals surface area contributed by atoms with Crippen LogP contribution in [0.25, 0.3) is 0 Å². The summed E-state index contributed by atoms with van der Waals surface area (Å²) in [7, 11) is 3.99. The van der Waals surface area contributed by atoms with E-state index in [4.69, 9.17) is 0 Å². The van der Waals surface area contributed by atoms with Crippen LogP contribution in [-0.2, 0) is 14.4 Å². The fraction of sp³-hybridized carbons (Fsp3) is 0.750. The van der Waals surface area contributed by atoms with Crippen molar-refractivity contribution in [1.29, 1.82) is 0 Å². The van der Waals surface area contributed by atoms with Gasteiger partial charge in [0.15, 0.2) is 0 Å². The van der Waals surface area contributed by atoms with Gasteiger partial charge in [0.2, 0.25) is 0 Å². The molecule has 0 saturated heterocycles. The smallest absolute Gasteiger partial charge is 0.0643 e. The molecule has 7 nitrogen and oxygen atoms in total. The number of carboxylic acid groups (broad SMARTS) is 3. The second-order valence-corrected chi connectivity index (χ2v) is 7.64. The minimum atomic E-state index is -1.55. The van der Waals surface area contributed by atoms with Crippen LogP contribution >= 0.6 is 0 Å². The molecule has 183 valence electrons. The van der Waals surface area contributed by atoms with Crippen molar-refractivity contribution in [2.45, 2.75) is 96.8 Å². The van der Waals surface area contributed by atoms with Gasteiger partial charge in [-0.25, -0.2) is 0 Å². The standard InChI is InChI=1S/C16H32O2.C4H10N.C4H4O4/c1-2-3-4-5-6-7-8-9-10-11-12-13-14-15-16(17)18;1-4-5(2)3;5-3(6)1-2-4(7)8/h2-15H2,1H3,(H,17,18);1,4H2,2-3H3;1-2H,(H,5,6)(H,7,8)/p-3/b;;2-1-. The minimum absolute atomic E-state index is 0.234. The minimum Gasteiger partial charge on any atom is -0.550 e. The maximum atomic E-state index is 10.2. The van der Waals surface area contributed by atoms with Gasteiger partial charge in [-0.1, -0.05) is 84.0 Å². The molecule has 0 aromatic carbocycles. The van der Waals surface area contributed by atoms with Crippen molar-refractivity contribution in [3.8, 4) is 0 Å². The molecule has 0 spiro atoms. The lowest BCUT2D eigenvalue weighted by Crippen LogP contribution is -2.23. The van der Waals surface area contributed by atoms with Gasteiger partial charge in [-0.2, -0.15) is 0 Å². The van der Waals surface area contributed by atoms with Crippen LogP contribution in [0.15, 0.2) is 12.2 Å². The van der Waals surface area contributed by atoms with Crippen LogP contribution in [0, 0.1) is 6.92 Å². The highest BCUT2D eigenvalue weighted by Crippen LogP contribution is 2.12. The monoisotopic (exact) mass is 441 g/mol. The molecule has 0 heterocycles. The SMILES string of the molecule is CCCCCCCCCCCCCCCC(=O)[O-].O=C([O-])/C=C\C(=O)[O-].[CH2]CN(C)C. The van der Waals surface area contributed by atoms with Crippen LogP contribution in [-0.4, -0.2) is 43.4 Å². The largest absolute Gasteiger partial charge is 0.550 e. The normalized spacial score (nSPS) is 10.2. The molecule has 0 rings (SSSR count). The quantitative estimate of drug-likeness (QED) is 0.248. The Hall–Kier alpha value is -1.89. The summed E-state index contributed by atoms with van der Waals surface area (Å²) in [6, 6.07) is 0. The third-order valence-corrected chi connectivity index (χ3v) is 4.29. The first-order chi connectivity index (χ1) is 14.7. The van der Waals surface area contributed by atoms with E-state index in [1.807, 2.05) is 19.0 Å². The van der Waals surface area contributed by atoms with E-state index in [2.05, 4.69) is 13.8 Å². The van der Waals surface area contributed by atoms with Crippen LogP contribution in [0.5, 0.6) is 0 Å². The highest BCUT2D eigenvalue weighted by molar-refractivity contribution is 5.87. The number of carbonyl (C=O) groups excluding carboxylic acids is 3. The fourth-order valence-corrected chi connectivity index (χ4v) is 2.42. The Bertz CT molecular complexity index is 433. The molecule has 7 heteroatoms. The van der Waals surface area contributed by atoms with Crippen LogP contribution in [0.4, 0.5) is 0 Å². The lowest BCUT2D eigenvalue weighted by Gasteiger charge is -2.03. The van der Waals surface area contributed by atoms with Crippen molar-refractivity contribution in [1.82, 2.24) is 4.90 Å². The van der Waals surface area contributed by atoms with Gasteiger partial charge in [0.05, 0.1) is 11.9 Å². The van der Waals surface area contributed by atoms with Gasteiger partial charge < -0.3 is 34.6 Å². The fourth-order valence-electron chi connectivity index (χ4n) is 2.42. The summed E-state index contributed by atoms with van der Waals surface area (Å²) in [6.07, 6.45) is 17.7. The first kappa shape index (κ1) is 33.7. The highest BCUT2D eigenvalue weighted by atomic mass is 16.4. The second kappa shape index (κ2) is 28.1. The first-order valence-electron chi connectivity index (χ1n) is 11.4. The number of hydrogen-bond donors (Lipinski definition) is 0. The molecule has 0 aliphatic heterocycles. The van der Waals surface area contributed by atoms with E-state index >= 15 is 0 Å². The zero-order valence-corrected chi connectivity index (χ0v) is 19.9. The second-order valence-electron chi connectivity index (χ2n) is 7.64. The summed E-state index contributed by atoms with van der Waals surface area (Å²) in [6.45, 7) is 6.76. The molecular formula is C24H43NO6-3. The Balaban J connectivity index is -0.000000494. The maximum absolute atomic E-state index is 10.2. The van der Waals surface area contributed by atoms with E-state index in [1.165, 1.54) is 70.6 Å². The van der Waals surface area contributed by atoms with Gasteiger partial charge >= 0.3 is 0 Å². The van der Waals surface area contributed by atoms with Gasteiger partial charge in [0, 0.05) is 5.97 Å². The Morgan fingerprint density at radius 1 is 0.677 bits per heavy atom. The van der Waals surface area contributed by atoms with Crippen molar-refractivity contribution < 1.29 is 29.7 Å². The van der Waals surface area contributed by atoms with Crippen molar-refractivity contribution >= 4 is 17.9 Å². The van der Waals surface area contributed by atoms with E-state index in [-0.39, 0.29) is 6.42 Å².